The van der Waals surface area contributed by atoms with Crippen LogP contribution in [0.15, 0.2) is 174 Å². The SMILES string of the molecule is c1ccc(-c2ccc(-c3cc(-c4ccccc4)nc(-c4ccc(-c5cccc6c5sc5ccccc56)c5c4oc4ccccc45)n3)cc2)cc1. The molecule has 10 aromatic rings. The van der Waals surface area contributed by atoms with Gasteiger partial charge in [-0.05, 0) is 41.0 Å². The maximum atomic E-state index is 6.75. The molecule has 0 N–H and O–H groups in total. The Balaban J connectivity index is 1.20. The highest BCUT2D eigenvalue weighted by molar-refractivity contribution is 7.26. The van der Waals surface area contributed by atoms with Crippen LogP contribution in [0.25, 0.3) is 98.3 Å². The molecule has 0 spiro atoms. The zero-order chi connectivity index (χ0) is 33.0. The average Bonchev–Trinajstić information content (AvgIpc) is 3.78. The molecule has 0 atom stereocenters. The number of hydrogen-bond donors (Lipinski definition) is 0. The molecule has 3 aromatic heterocycles. The fourth-order valence-electron chi connectivity index (χ4n) is 7.12. The third kappa shape index (κ3) is 4.73. The summed E-state index contributed by atoms with van der Waals surface area (Å²) in [6, 6.07) is 59.4. The van der Waals surface area contributed by atoms with Crippen LogP contribution in [0, 0.1) is 0 Å². The van der Waals surface area contributed by atoms with E-state index in [0.29, 0.717) is 5.82 Å². The minimum atomic E-state index is 0.629. The van der Waals surface area contributed by atoms with E-state index in [2.05, 4.69) is 133 Å². The minimum Gasteiger partial charge on any atom is -0.455 e. The molecule has 0 saturated heterocycles. The maximum absolute atomic E-state index is 6.75. The first-order chi connectivity index (χ1) is 24.8. The Morgan fingerprint density at radius 2 is 1.00 bits per heavy atom. The fourth-order valence-corrected chi connectivity index (χ4v) is 8.35. The molecule has 0 fully saturated rings. The lowest BCUT2D eigenvalue weighted by molar-refractivity contribution is 0.669. The van der Waals surface area contributed by atoms with Crippen LogP contribution < -0.4 is 0 Å². The summed E-state index contributed by atoms with van der Waals surface area (Å²) in [5.41, 5.74) is 11.0. The van der Waals surface area contributed by atoms with Gasteiger partial charge >= 0.3 is 0 Å². The van der Waals surface area contributed by atoms with Crippen LogP contribution in [0.1, 0.15) is 0 Å². The number of para-hydroxylation sites is 1. The largest absolute Gasteiger partial charge is 0.455 e. The standard InChI is InChI=1S/C46H28N2OS/c1-3-12-29(13-4-1)30-22-24-32(25-23-30)40-28-39(31-14-5-2-6-15-31)47-46(48-40)38-27-26-34(43-37-17-7-9-20-41(37)49-44(38)43)36-19-11-18-35-33-16-8-10-21-42(33)50-45(35)36/h1-28H. The van der Waals surface area contributed by atoms with E-state index < -0.39 is 0 Å². The highest BCUT2D eigenvalue weighted by Crippen LogP contribution is 2.46. The van der Waals surface area contributed by atoms with Gasteiger partial charge in [0.05, 0.1) is 17.0 Å². The van der Waals surface area contributed by atoms with Gasteiger partial charge in [0.1, 0.15) is 11.2 Å². The Morgan fingerprint density at radius 3 is 1.78 bits per heavy atom. The number of furan rings is 1. The molecule has 0 radical (unpaired) electrons. The van der Waals surface area contributed by atoms with Crippen molar-refractivity contribution >= 4 is 53.4 Å². The summed E-state index contributed by atoms with van der Waals surface area (Å²) >= 11 is 1.84. The van der Waals surface area contributed by atoms with Crippen LogP contribution in [0.4, 0.5) is 0 Å². The van der Waals surface area contributed by atoms with Crippen molar-refractivity contribution < 1.29 is 4.42 Å². The number of hydrogen-bond acceptors (Lipinski definition) is 4. The molecule has 0 amide bonds. The molecule has 7 aromatic carbocycles. The highest BCUT2D eigenvalue weighted by atomic mass is 32.1. The van der Waals surface area contributed by atoms with Crippen molar-refractivity contribution in [3.05, 3.63) is 170 Å². The molecule has 0 bridgehead atoms. The summed E-state index contributed by atoms with van der Waals surface area (Å²) in [5, 5.41) is 4.71. The molecule has 234 valence electrons. The van der Waals surface area contributed by atoms with Gasteiger partial charge in [0.2, 0.25) is 0 Å². The summed E-state index contributed by atoms with van der Waals surface area (Å²) in [6.07, 6.45) is 0. The number of aromatic nitrogens is 2. The van der Waals surface area contributed by atoms with Crippen LogP contribution in [0.5, 0.6) is 0 Å². The lowest BCUT2D eigenvalue weighted by atomic mass is 9.95. The van der Waals surface area contributed by atoms with E-state index in [1.807, 2.05) is 47.7 Å². The summed E-state index contributed by atoms with van der Waals surface area (Å²) in [7, 11) is 0. The quantitative estimate of drug-likeness (QED) is 0.185. The van der Waals surface area contributed by atoms with Crippen LogP contribution in [-0.2, 0) is 0 Å². The molecule has 4 heteroatoms. The first-order valence-electron chi connectivity index (χ1n) is 16.7. The Morgan fingerprint density at radius 1 is 0.420 bits per heavy atom. The monoisotopic (exact) mass is 656 g/mol. The third-order valence-corrected chi connectivity index (χ3v) is 10.8. The normalized spacial score (nSPS) is 11.6. The van der Waals surface area contributed by atoms with Crippen LogP contribution in [-0.4, -0.2) is 9.97 Å². The van der Waals surface area contributed by atoms with E-state index in [9.17, 15) is 0 Å². The summed E-state index contributed by atoms with van der Waals surface area (Å²) in [5.74, 6) is 0.629. The van der Waals surface area contributed by atoms with Crippen molar-refractivity contribution in [2.75, 3.05) is 0 Å². The van der Waals surface area contributed by atoms with Gasteiger partial charge < -0.3 is 4.42 Å². The van der Waals surface area contributed by atoms with Crippen molar-refractivity contribution in [3.8, 4) is 56.2 Å². The molecule has 50 heavy (non-hydrogen) atoms. The second-order valence-electron chi connectivity index (χ2n) is 12.5. The van der Waals surface area contributed by atoms with Crippen molar-refractivity contribution in [3.63, 3.8) is 0 Å². The number of nitrogens with zero attached hydrogens (tertiary/aromatic N) is 2. The van der Waals surface area contributed by atoms with Gasteiger partial charge in [-0.25, -0.2) is 9.97 Å². The second kappa shape index (κ2) is 11.7. The molecule has 10 rings (SSSR count). The van der Waals surface area contributed by atoms with Gasteiger partial charge in [0, 0.05) is 47.6 Å². The highest BCUT2D eigenvalue weighted by Gasteiger charge is 2.21. The Hall–Kier alpha value is -6.36. The van der Waals surface area contributed by atoms with E-state index in [1.165, 1.54) is 36.9 Å². The van der Waals surface area contributed by atoms with Crippen molar-refractivity contribution in [2.24, 2.45) is 0 Å². The van der Waals surface area contributed by atoms with Gasteiger partial charge in [-0.1, -0.05) is 146 Å². The van der Waals surface area contributed by atoms with Crippen molar-refractivity contribution in [1.82, 2.24) is 9.97 Å². The van der Waals surface area contributed by atoms with Crippen molar-refractivity contribution in [2.45, 2.75) is 0 Å². The van der Waals surface area contributed by atoms with E-state index in [0.717, 1.165) is 55.6 Å². The fraction of sp³-hybridized carbons (Fsp3) is 0. The predicted octanol–water partition coefficient (Wildman–Crippen LogP) is 13.1. The molecule has 3 heterocycles. The Labute approximate surface area is 292 Å². The third-order valence-electron chi connectivity index (χ3n) is 9.54. The molecule has 0 aliphatic rings. The molecular weight excluding hydrogens is 629 g/mol. The molecule has 0 aliphatic carbocycles. The van der Waals surface area contributed by atoms with Crippen LogP contribution in [0.3, 0.4) is 0 Å². The molecule has 0 unspecified atom stereocenters. The molecule has 0 aliphatic heterocycles. The van der Waals surface area contributed by atoms with E-state index >= 15 is 0 Å². The topological polar surface area (TPSA) is 38.9 Å². The van der Waals surface area contributed by atoms with E-state index in [-0.39, 0.29) is 0 Å². The second-order valence-corrected chi connectivity index (χ2v) is 13.6. The zero-order valence-electron chi connectivity index (χ0n) is 26.9. The first kappa shape index (κ1) is 28.6. The molecular formula is C46H28N2OS. The molecule has 0 saturated carbocycles. The minimum absolute atomic E-state index is 0.629. The first-order valence-corrected chi connectivity index (χ1v) is 17.6. The number of thiophene rings is 1. The van der Waals surface area contributed by atoms with Gasteiger partial charge in [-0.3, -0.25) is 0 Å². The number of fused-ring (bicyclic) bond motifs is 6. The van der Waals surface area contributed by atoms with Gasteiger partial charge in [0.25, 0.3) is 0 Å². The smallest absolute Gasteiger partial charge is 0.164 e. The molecule has 3 nitrogen and oxygen atoms in total. The summed E-state index contributed by atoms with van der Waals surface area (Å²) < 4.78 is 9.31. The number of benzene rings is 7. The Kier molecular flexibility index (Phi) is 6.68. The van der Waals surface area contributed by atoms with E-state index in [1.54, 1.807) is 0 Å². The van der Waals surface area contributed by atoms with Crippen molar-refractivity contribution in [1.29, 1.82) is 0 Å². The number of rotatable bonds is 5. The summed E-state index contributed by atoms with van der Waals surface area (Å²) in [6.45, 7) is 0. The van der Waals surface area contributed by atoms with Gasteiger partial charge in [0.15, 0.2) is 5.82 Å². The Bertz CT molecular complexity index is 2850. The summed E-state index contributed by atoms with van der Waals surface area (Å²) in [4.78, 5) is 10.4. The van der Waals surface area contributed by atoms with Crippen LogP contribution >= 0.6 is 11.3 Å². The average molecular weight is 657 g/mol. The zero-order valence-corrected chi connectivity index (χ0v) is 27.7. The lowest BCUT2D eigenvalue weighted by Crippen LogP contribution is -1.96. The predicted molar refractivity (Wildman–Crippen MR) is 209 cm³/mol. The maximum Gasteiger partial charge on any atom is 0.164 e. The van der Waals surface area contributed by atoms with Gasteiger partial charge in [-0.2, -0.15) is 0 Å². The lowest BCUT2D eigenvalue weighted by Gasteiger charge is -2.12. The van der Waals surface area contributed by atoms with Crippen LogP contribution in [0.2, 0.25) is 0 Å². The van der Waals surface area contributed by atoms with E-state index in [4.69, 9.17) is 14.4 Å². The van der Waals surface area contributed by atoms with Gasteiger partial charge in [-0.15, -0.1) is 11.3 Å².